The zero-order valence-corrected chi connectivity index (χ0v) is 21.4. The Morgan fingerprint density at radius 2 is 2.03 bits per heavy atom. The van der Waals surface area contributed by atoms with E-state index in [-0.39, 0.29) is 42.9 Å². The molecule has 1 aliphatic heterocycles. The third kappa shape index (κ3) is 3.00. The Morgan fingerprint density at radius 1 is 1.29 bits per heavy atom. The molecular weight excluding hydrogens is 446 g/mol. The van der Waals surface area contributed by atoms with Crippen LogP contribution in [0.2, 0.25) is 0 Å². The predicted octanol–water partition coefficient (Wildman–Crippen LogP) is 3.69. The fourth-order valence-corrected chi connectivity index (χ4v) is 9.19. The van der Waals surface area contributed by atoms with Crippen molar-refractivity contribution in [2.24, 2.45) is 45.8 Å². The van der Waals surface area contributed by atoms with E-state index in [1.54, 1.807) is 4.90 Å². The molecule has 4 fully saturated rings. The lowest BCUT2D eigenvalue weighted by Crippen LogP contribution is -2.64. The second kappa shape index (κ2) is 8.27. The van der Waals surface area contributed by atoms with Crippen molar-refractivity contribution in [1.29, 1.82) is 0 Å². The summed E-state index contributed by atoms with van der Waals surface area (Å²) in [6.45, 7) is 12.8. The molecule has 5 unspecified atom stereocenters. The number of rotatable bonds is 7. The van der Waals surface area contributed by atoms with Crippen LogP contribution in [-0.2, 0) is 23.9 Å². The molecule has 3 saturated carbocycles. The number of ether oxygens (including phenoxy) is 2. The lowest BCUT2D eigenvalue weighted by Gasteiger charge is -2.58. The van der Waals surface area contributed by atoms with Gasteiger partial charge in [0.15, 0.2) is 6.29 Å². The number of carbonyl (C=O) groups is 3. The number of aldehydes is 1. The first kappa shape index (κ1) is 24.7. The summed E-state index contributed by atoms with van der Waals surface area (Å²) in [5.74, 6) is -0.185. The van der Waals surface area contributed by atoms with E-state index in [1.165, 1.54) is 6.08 Å². The van der Waals surface area contributed by atoms with Crippen LogP contribution < -0.4 is 0 Å². The highest BCUT2D eigenvalue weighted by Crippen LogP contribution is 2.82. The van der Waals surface area contributed by atoms with Gasteiger partial charge in [0.1, 0.15) is 11.7 Å². The molecule has 0 radical (unpaired) electrons. The third-order valence-electron chi connectivity index (χ3n) is 10.4. The van der Waals surface area contributed by atoms with Crippen molar-refractivity contribution >= 4 is 18.2 Å². The van der Waals surface area contributed by atoms with Crippen LogP contribution in [0, 0.1) is 45.8 Å². The standard InChI is InChI=1S/C28H39NO6/c1-6-23(31)29-12-18(5)35-24(13-29)34-15-27-11-20-17(4)7-8-21(20)26(14-30)10-19(27)9-22(16(2)3)28(26,27)25(32)33/h6,9,14,16-21,24H,1,7-8,10-13,15H2,2-5H3,(H,32,33)/t17-,18-,19?,20?,21?,24-,26+,27?,28?/m1/s1. The number of carboxylic acid groups (broad SMARTS) is 1. The first-order chi connectivity index (χ1) is 16.6. The Bertz CT molecular complexity index is 974. The van der Waals surface area contributed by atoms with E-state index in [0.29, 0.717) is 24.8 Å². The summed E-state index contributed by atoms with van der Waals surface area (Å²) in [5.41, 5.74) is -1.96. The molecule has 0 aromatic heterocycles. The molecule has 1 N–H and O–H groups in total. The van der Waals surface area contributed by atoms with E-state index >= 15 is 0 Å². The zero-order valence-electron chi connectivity index (χ0n) is 21.4. The highest BCUT2D eigenvalue weighted by Gasteiger charge is 2.84. The van der Waals surface area contributed by atoms with Gasteiger partial charge in [-0.05, 0) is 61.9 Å². The van der Waals surface area contributed by atoms with Gasteiger partial charge in [0.05, 0.1) is 24.7 Å². The fraction of sp³-hybridized carbons (Fsp3) is 0.750. The van der Waals surface area contributed by atoms with Gasteiger partial charge >= 0.3 is 5.97 Å². The molecule has 0 aromatic rings. The highest BCUT2D eigenvalue weighted by atomic mass is 16.7. The van der Waals surface area contributed by atoms with Gasteiger partial charge < -0.3 is 24.3 Å². The molecule has 4 aliphatic carbocycles. The normalized spacial score (nSPS) is 45.9. The first-order valence-electron chi connectivity index (χ1n) is 13.2. The van der Waals surface area contributed by atoms with Crippen LogP contribution in [0.4, 0.5) is 0 Å². The molecule has 35 heavy (non-hydrogen) atoms. The van der Waals surface area contributed by atoms with Gasteiger partial charge in [0.2, 0.25) is 5.91 Å². The van der Waals surface area contributed by atoms with Crippen molar-refractivity contribution in [3.05, 3.63) is 24.3 Å². The molecule has 5 rings (SSSR count). The van der Waals surface area contributed by atoms with Gasteiger partial charge in [-0.15, -0.1) is 0 Å². The largest absolute Gasteiger partial charge is 0.481 e. The quantitative estimate of drug-likeness (QED) is 0.336. The number of hydrogen-bond donors (Lipinski definition) is 1. The van der Waals surface area contributed by atoms with E-state index in [4.69, 9.17) is 9.47 Å². The van der Waals surface area contributed by atoms with E-state index in [0.717, 1.165) is 31.1 Å². The van der Waals surface area contributed by atoms with Gasteiger partial charge in [0.25, 0.3) is 0 Å². The summed E-state index contributed by atoms with van der Waals surface area (Å²) in [6.07, 6.45) is 6.93. The van der Waals surface area contributed by atoms with Crippen LogP contribution in [0.5, 0.6) is 0 Å². The molecule has 192 valence electrons. The summed E-state index contributed by atoms with van der Waals surface area (Å²) in [4.78, 5) is 40.5. The van der Waals surface area contributed by atoms with Gasteiger partial charge in [-0.3, -0.25) is 9.59 Å². The number of morpholine rings is 1. The number of carboxylic acids is 1. The maximum absolute atomic E-state index is 13.5. The van der Waals surface area contributed by atoms with E-state index in [1.807, 2.05) is 20.8 Å². The van der Waals surface area contributed by atoms with Crippen molar-refractivity contribution < 1.29 is 29.0 Å². The minimum absolute atomic E-state index is 0.0223. The lowest BCUT2D eigenvalue weighted by atomic mass is 9.43. The molecule has 0 aromatic carbocycles. The number of aliphatic carboxylic acids is 1. The maximum atomic E-state index is 13.5. The van der Waals surface area contributed by atoms with Crippen LogP contribution in [0.15, 0.2) is 24.3 Å². The Hall–Kier alpha value is -1.99. The van der Waals surface area contributed by atoms with Crippen molar-refractivity contribution in [2.45, 2.75) is 65.8 Å². The minimum atomic E-state index is -1.26. The number of amides is 1. The molecule has 1 saturated heterocycles. The van der Waals surface area contributed by atoms with E-state index < -0.39 is 28.5 Å². The Balaban J connectivity index is 1.55. The molecule has 5 aliphatic rings. The van der Waals surface area contributed by atoms with Crippen LogP contribution in [0.1, 0.15) is 53.4 Å². The Labute approximate surface area is 207 Å². The van der Waals surface area contributed by atoms with Gasteiger partial charge in [-0.1, -0.05) is 45.4 Å². The third-order valence-corrected chi connectivity index (χ3v) is 10.4. The average molecular weight is 486 g/mol. The Morgan fingerprint density at radius 3 is 2.66 bits per heavy atom. The number of hydrogen-bond acceptors (Lipinski definition) is 5. The fourth-order valence-electron chi connectivity index (χ4n) is 9.19. The Kier molecular flexibility index (Phi) is 5.83. The summed E-state index contributed by atoms with van der Waals surface area (Å²) in [7, 11) is 0. The summed E-state index contributed by atoms with van der Waals surface area (Å²) in [6, 6.07) is 0. The summed E-state index contributed by atoms with van der Waals surface area (Å²) < 4.78 is 12.5. The SMILES string of the molecule is C=CC(=O)N1C[C@H](OCC23CC4C(CC[C@H]4C)[C@@]4(C=O)CC2C=C(C(C)C)C34C(=O)O)O[C@H](C)C1. The lowest BCUT2D eigenvalue weighted by molar-refractivity contribution is -0.235. The molecular formula is C28H39NO6. The minimum Gasteiger partial charge on any atom is -0.481 e. The molecule has 1 amide bonds. The first-order valence-corrected chi connectivity index (χ1v) is 13.2. The van der Waals surface area contributed by atoms with Gasteiger partial charge in [-0.25, -0.2) is 0 Å². The molecule has 0 spiro atoms. The van der Waals surface area contributed by atoms with Crippen molar-refractivity contribution in [1.82, 2.24) is 4.90 Å². The van der Waals surface area contributed by atoms with Crippen molar-refractivity contribution in [3.8, 4) is 0 Å². The van der Waals surface area contributed by atoms with Crippen molar-refractivity contribution in [3.63, 3.8) is 0 Å². The number of allylic oxidation sites excluding steroid dienone is 1. The van der Waals surface area contributed by atoms with Gasteiger partial charge in [0, 0.05) is 12.0 Å². The number of nitrogens with zero attached hydrogens (tertiary/aromatic N) is 1. The average Bonchev–Trinajstić information content (AvgIpc) is 3.39. The zero-order chi connectivity index (χ0) is 25.3. The van der Waals surface area contributed by atoms with Crippen LogP contribution in [0.3, 0.4) is 0 Å². The summed E-state index contributed by atoms with van der Waals surface area (Å²) >= 11 is 0. The smallest absolute Gasteiger partial charge is 0.315 e. The van der Waals surface area contributed by atoms with Crippen LogP contribution in [0.25, 0.3) is 0 Å². The van der Waals surface area contributed by atoms with Crippen molar-refractivity contribution in [2.75, 3.05) is 19.7 Å². The molecule has 9 atom stereocenters. The maximum Gasteiger partial charge on any atom is 0.315 e. The van der Waals surface area contributed by atoms with Crippen LogP contribution >= 0.6 is 0 Å². The topological polar surface area (TPSA) is 93.1 Å². The predicted molar refractivity (Wildman–Crippen MR) is 129 cm³/mol. The number of carbonyl (C=O) groups excluding carboxylic acids is 2. The molecule has 1 heterocycles. The summed E-state index contributed by atoms with van der Waals surface area (Å²) in [5, 5.41) is 11.0. The molecule has 7 heteroatoms. The molecule has 4 bridgehead atoms. The monoisotopic (exact) mass is 485 g/mol. The highest BCUT2D eigenvalue weighted by molar-refractivity contribution is 5.90. The second-order valence-electron chi connectivity index (χ2n) is 12.1. The van der Waals surface area contributed by atoms with Crippen LogP contribution in [-0.4, -0.2) is 60.3 Å². The van der Waals surface area contributed by atoms with E-state index in [2.05, 4.69) is 19.6 Å². The van der Waals surface area contributed by atoms with Gasteiger partial charge in [-0.2, -0.15) is 0 Å². The number of fused-ring (bicyclic) bond motifs is 2. The molecule has 7 nitrogen and oxygen atoms in total. The van der Waals surface area contributed by atoms with E-state index in [9.17, 15) is 19.5 Å². The second-order valence-corrected chi connectivity index (χ2v) is 12.1.